The molecule has 18 heavy (non-hydrogen) atoms. The Labute approximate surface area is 108 Å². The van der Waals surface area contributed by atoms with Crippen LogP contribution < -0.4 is 10.1 Å². The van der Waals surface area contributed by atoms with E-state index in [9.17, 15) is 0 Å². The first-order valence-corrected chi connectivity index (χ1v) is 6.78. The van der Waals surface area contributed by atoms with Crippen LogP contribution in [0.4, 0.5) is 0 Å². The zero-order valence-electron chi connectivity index (χ0n) is 10.9. The fraction of sp³-hybridized carbons (Fsp3) is 0.600. The van der Waals surface area contributed by atoms with Gasteiger partial charge in [0.2, 0.25) is 0 Å². The zero-order chi connectivity index (χ0) is 12.4. The van der Waals surface area contributed by atoms with Gasteiger partial charge in [-0.15, -0.1) is 0 Å². The number of piperidine rings is 1. The number of ether oxygens (including phenoxy) is 2. The van der Waals surface area contributed by atoms with Gasteiger partial charge in [-0.05, 0) is 49.5 Å². The van der Waals surface area contributed by atoms with Crippen LogP contribution in [0.3, 0.4) is 0 Å². The van der Waals surface area contributed by atoms with Gasteiger partial charge < -0.3 is 14.8 Å². The Morgan fingerprint density at radius 1 is 1.17 bits per heavy atom. The topological polar surface area (TPSA) is 30.5 Å². The van der Waals surface area contributed by atoms with E-state index in [0.717, 1.165) is 38.0 Å². The van der Waals surface area contributed by atoms with Crippen LogP contribution >= 0.6 is 0 Å². The third-order valence-electron chi connectivity index (χ3n) is 4.50. The summed E-state index contributed by atoms with van der Waals surface area (Å²) in [5.41, 5.74) is 1.68. The minimum atomic E-state index is 0.258. The van der Waals surface area contributed by atoms with Crippen molar-refractivity contribution in [3.05, 3.63) is 29.8 Å². The fourth-order valence-electron chi connectivity index (χ4n) is 3.26. The highest BCUT2D eigenvalue weighted by atomic mass is 16.5. The van der Waals surface area contributed by atoms with E-state index in [1.165, 1.54) is 18.4 Å². The number of benzene rings is 1. The van der Waals surface area contributed by atoms with Crippen LogP contribution in [-0.2, 0) is 10.2 Å². The molecule has 0 spiro atoms. The maximum absolute atomic E-state index is 5.55. The molecule has 3 heteroatoms. The SMILES string of the molecule is COc1ccc(C2(C3CCNCC3)COC2)cc1. The molecule has 3 rings (SSSR count). The molecular weight excluding hydrogens is 226 g/mol. The van der Waals surface area contributed by atoms with E-state index in [2.05, 4.69) is 29.6 Å². The Bertz CT molecular complexity index is 391. The lowest BCUT2D eigenvalue weighted by Crippen LogP contribution is -2.54. The Morgan fingerprint density at radius 3 is 2.33 bits per heavy atom. The van der Waals surface area contributed by atoms with Crippen molar-refractivity contribution in [2.75, 3.05) is 33.4 Å². The standard InChI is InChI=1S/C15H21NO2/c1-17-14-4-2-12(3-5-14)15(10-18-11-15)13-6-8-16-9-7-13/h2-5,13,16H,6-11H2,1H3. The van der Waals surface area contributed by atoms with Gasteiger partial charge in [0.1, 0.15) is 5.75 Å². The van der Waals surface area contributed by atoms with Gasteiger partial charge in [-0.3, -0.25) is 0 Å². The molecule has 2 saturated heterocycles. The Morgan fingerprint density at radius 2 is 1.83 bits per heavy atom. The van der Waals surface area contributed by atoms with Gasteiger partial charge in [0, 0.05) is 5.41 Å². The molecular formula is C15H21NO2. The predicted molar refractivity (Wildman–Crippen MR) is 71.1 cm³/mol. The molecule has 2 aliphatic rings. The molecule has 0 aliphatic carbocycles. The highest BCUT2D eigenvalue weighted by Crippen LogP contribution is 2.43. The van der Waals surface area contributed by atoms with Crippen molar-refractivity contribution in [2.24, 2.45) is 5.92 Å². The summed E-state index contributed by atoms with van der Waals surface area (Å²) in [4.78, 5) is 0. The van der Waals surface area contributed by atoms with Crippen LogP contribution in [0.5, 0.6) is 5.75 Å². The van der Waals surface area contributed by atoms with E-state index in [-0.39, 0.29) is 5.41 Å². The fourth-order valence-corrected chi connectivity index (χ4v) is 3.26. The maximum Gasteiger partial charge on any atom is 0.118 e. The second-order valence-electron chi connectivity index (χ2n) is 5.40. The number of hydrogen-bond donors (Lipinski definition) is 1. The number of rotatable bonds is 3. The lowest BCUT2D eigenvalue weighted by Gasteiger charge is -2.49. The second-order valence-corrected chi connectivity index (χ2v) is 5.40. The summed E-state index contributed by atoms with van der Waals surface area (Å²) in [7, 11) is 1.71. The second kappa shape index (κ2) is 4.90. The molecule has 0 bridgehead atoms. The van der Waals surface area contributed by atoms with Crippen molar-refractivity contribution in [3.63, 3.8) is 0 Å². The highest BCUT2D eigenvalue weighted by molar-refractivity contribution is 5.35. The van der Waals surface area contributed by atoms with Gasteiger partial charge in [0.25, 0.3) is 0 Å². The molecule has 98 valence electrons. The third-order valence-corrected chi connectivity index (χ3v) is 4.50. The van der Waals surface area contributed by atoms with Gasteiger partial charge >= 0.3 is 0 Å². The van der Waals surface area contributed by atoms with Gasteiger partial charge in [-0.2, -0.15) is 0 Å². The number of methoxy groups -OCH3 is 1. The van der Waals surface area contributed by atoms with E-state index in [1.54, 1.807) is 7.11 Å². The average molecular weight is 247 g/mol. The Kier molecular flexibility index (Phi) is 3.27. The van der Waals surface area contributed by atoms with Crippen LogP contribution in [0.15, 0.2) is 24.3 Å². The number of hydrogen-bond acceptors (Lipinski definition) is 3. The van der Waals surface area contributed by atoms with E-state index in [4.69, 9.17) is 9.47 Å². The summed E-state index contributed by atoms with van der Waals surface area (Å²) < 4.78 is 10.8. The van der Waals surface area contributed by atoms with Crippen molar-refractivity contribution in [1.82, 2.24) is 5.32 Å². The van der Waals surface area contributed by atoms with Crippen LogP contribution in [-0.4, -0.2) is 33.4 Å². The average Bonchev–Trinajstić information content (AvgIpc) is 2.40. The van der Waals surface area contributed by atoms with Crippen LogP contribution in [0.2, 0.25) is 0 Å². The zero-order valence-corrected chi connectivity index (χ0v) is 10.9. The molecule has 2 heterocycles. The van der Waals surface area contributed by atoms with E-state index < -0.39 is 0 Å². The van der Waals surface area contributed by atoms with Crippen molar-refractivity contribution in [1.29, 1.82) is 0 Å². The van der Waals surface area contributed by atoms with Crippen molar-refractivity contribution >= 4 is 0 Å². The molecule has 0 radical (unpaired) electrons. The lowest BCUT2D eigenvalue weighted by molar-refractivity contribution is -0.0963. The normalized spacial score (nSPS) is 23.4. The van der Waals surface area contributed by atoms with Crippen molar-refractivity contribution in [2.45, 2.75) is 18.3 Å². The molecule has 0 saturated carbocycles. The predicted octanol–water partition coefficient (Wildman–Crippen LogP) is 1.96. The molecule has 0 aromatic heterocycles. The minimum absolute atomic E-state index is 0.258. The molecule has 1 aromatic carbocycles. The van der Waals surface area contributed by atoms with Crippen LogP contribution in [0.25, 0.3) is 0 Å². The van der Waals surface area contributed by atoms with Gasteiger partial charge in [-0.25, -0.2) is 0 Å². The summed E-state index contributed by atoms with van der Waals surface area (Å²) in [6, 6.07) is 8.56. The first-order valence-electron chi connectivity index (χ1n) is 6.78. The van der Waals surface area contributed by atoms with E-state index >= 15 is 0 Å². The number of nitrogens with one attached hydrogen (secondary N) is 1. The summed E-state index contributed by atoms with van der Waals surface area (Å²) >= 11 is 0. The Hall–Kier alpha value is -1.06. The molecule has 0 amide bonds. The Balaban J connectivity index is 1.85. The summed E-state index contributed by atoms with van der Waals surface area (Å²) in [6.07, 6.45) is 2.52. The third kappa shape index (κ3) is 1.91. The van der Waals surface area contributed by atoms with E-state index in [0.29, 0.717) is 0 Å². The summed E-state index contributed by atoms with van der Waals surface area (Å²) in [6.45, 7) is 4.04. The van der Waals surface area contributed by atoms with Crippen LogP contribution in [0, 0.1) is 5.92 Å². The molecule has 0 unspecified atom stereocenters. The quantitative estimate of drug-likeness (QED) is 0.885. The summed E-state index contributed by atoms with van der Waals surface area (Å²) in [5, 5.41) is 3.44. The minimum Gasteiger partial charge on any atom is -0.497 e. The van der Waals surface area contributed by atoms with Gasteiger partial charge in [0.15, 0.2) is 0 Å². The van der Waals surface area contributed by atoms with Gasteiger partial charge in [0.05, 0.1) is 20.3 Å². The molecule has 0 atom stereocenters. The van der Waals surface area contributed by atoms with Gasteiger partial charge in [-0.1, -0.05) is 12.1 Å². The molecule has 1 aromatic rings. The maximum atomic E-state index is 5.55. The largest absolute Gasteiger partial charge is 0.497 e. The molecule has 1 N–H and O–H groups in total. The lowest BCUT2D eigenvalue weighted by atomic mass is 9.65. The highest BCUT2D eigenvalue weighted by Gasteiger charge is 2.46. The molecule has 2 aliphatic heterocycles. The van der Waals surface area contributed by atoms with Crippen LogP contribution in [0.1, 0.15) is 18.4 Å². The first-order chi connectivity index (χ1) is 8.85. The van der Waals surface area contributed by atoms with E-state index in [1.807, 2.05) is 0 Å². The smallest absolute Gasteiger partial charge is 0.118 e. The van der Waals surface area contributed by atoms with Crippen molar-refractivity contribution in [3.8, 4) is 5.75 Å². The monoisotopic (exact) mass is 247 g/mol. The first kappa shape index (κ1) is 12.0. The molecule has 3 nitrogen and oxygen atoms in total. The molecule has 2 fully saturated rings. The van der Waals surface area contributed by atoms with Crippen molar-refractivity contribution < 1.29 is 9.47 Å². The summed E-state index contributed by atoms with van der Waals surface area (Å²) in [5.74, 6) is 1.68.